The van der Waals surface area contributed by atoms with Crippen molar-refractivity contribution in [2.75, 3.05) is 24.8 Å². The summed E-state index contributed by atoms with van der Waals surface area (Å²) in [6.07, 6.45) is 0.548. The second-order valence-electron chi connectivity index (χ2n) is 6.50. The Hall–Kier alpha value is -3.50. The number of benzene rings is 1. The normalized spacial score (nSPS) is 17.8. The van der Waals surface area contributed by atoms with E-state index >= 15 is 0 Å². The van der Waals surface area contributed by atoms with Gasteiger partial charge < -0.3 is 20.7 Å². The molecule has 2 atom stereocenters. The highest BCUT2D eigenvalue weighted by molar-refractivity contribution is 6.00. The largest absolute Gasteiger partial charge is 0.492 e. The zero-order valence-corrected chi connectivity index (χ0v) is 15.5. The summed E-state index contributed by atoms with van der Waals surface area (Å²) < 4.78 is 47.1. The number of fused-ring (bicyclic) bond motifs is 1. The first-order valence-corrected chi connectivity index (χ1v) is 8.72. The topological polar surface area (TPSA) is 92.6 Å². The lowest BCUT2D eigenvalue weighted by molar-refractivity contribution is 0.0949. The van der Waals surface area contributed by atoms with Crippen LogP contribution in [0.1, 0.15) is 16.8 Å². The van der Waals surface area contributed by atoms with Crippen LogP contribution in [0.25, 0.3) is 5.65 Å². The monoisotopic (exact) mass is 406 g/mol. The quantitative estimate of drug-likeness (QED) is 0.583. The van der Waals surface area contributed by atoms with Crippen LogP contribution in [0.4, 0.5) is 30.5 Å². The Kier molecular flexibility index (Phi) is 4.65. The minimum Gasteiger partial charge on any atom is -0.492 e. The first kappa shape index (κ1) is 18.8. The number of nitrogens with one attached hydrogen (secondary N) is 3. The summed E-state index contributed by atoms with van der Waals surface area (Å²) in [5.74, 6) is -1.72. The third-order valence-electron chi connectivity index (χ3n) is 4.48. The van der Waals surface area contributed by atoms with Gasteiger partial charge in [-0.3, -0.25) is 4.79 Å². The lowest BCUT2D eigenvalue weighted by Gasteiger charge is -2.13. The number of hydrogen-bond donors (Lipinski definition) is 3. The standard InChI is InChI=1S/C18H17F3N6O2/c1-22-15-6-14(24-13-4-8(19)3-11(21)16(13)29-2)26-17-9(7-23-27(15)17)18(28)25-12-5-10(12)20/h3-4,6-7,10,12,22H,5H2,1-2H3,(H,24,26)(H,25,28). The lowest BCUT2D eigenvalue weighted by atomic mass is 10.2. The summed E-state index contributed by atoms with van der Waals surface area (Å²) in [4.78, 5) is 16.8. The molecule has 4 rings (SSSR count). The minimum atomic E-state index is -1.05. The molecule has 11 heteroatoms. The molecule has 0 aliphatic heterocycles. The number of aromatic nitrogens is 3. The predicted octanol–water partition coefficient (Wildman–Crippen LogP) is 2.64. The van der Waals surface area contributed by atoms with Crippen molar-refractivity contribution in [3.63, 3.8) is 0 Å². The zero-order chi connectivity index (χ0) is 20.7. The summed E-state index contributed by atoms with van der Waals surface area (Å²) >= 11 is 0. The number of amides is 1. The number of alkyl halides is 1. The fourth-order valence-corrected chi connectivity index (χ4v) is 2.92. The molecule has 1 fully saturated rings. The molecule has 2 aromatic heterocycles. The van der Waals surface area contributed by atoms with Crippen molar-refractivity contribution in [3.05, 3.63) is 41.6 Å². The van der Waals surface area contributed by atoms with Crippen LogP contribution in [-0.2, 0) is 0 Å². The van der Waals surface area contributed by atoms with Gasteiger partial charge >= 0.3 is 0 Å². The van der Waals surface area contributed by atoms with Crippen LogP contribution in [0, 0.1) is 11.6 Å². The van der Waals surface area contributed by atoms with E-state index in [1.54, 1.807) is 13.1 Å². The molecule has 29 heavy (non-hydrogen) atoms. The van der Waals surface area contributed by atoms with Gasteiger partial charge in [-0.2, -0.15) is 9.61 Å². The number of carbonyl (C=O) groups is 1. The Bertz CT molecular complexity index is 1100. The maximum Gasteiger partial charge on any atom is 0.257 e. The Morgan fingerprint density at radius 1 is 1.31 bits per heavy atom. The smallest absolute Gasteiger partial charge is 0.257 e. The Morgan fingerprint density at radius 3 is 2.72 bits per heavy atom. The van der Waals surface area contributed by atoms with Crippen LogP contribution in [-0.4, -0.2) is 46.9 Å². The summed E-state index contributed by atoms with van der Waals surface area (Å²) in [5, 5.41) is 12.4. The fourth-order valence-electron chi connectivity index (χ4n) is 2.92. The van der Waals surface area contributed by atoms with Gasteiger partial charge in [0.05, 0.1) is 25.0 Å². The van der Waals surface area contributed by atoms with Crippen LogP contribution in [0.15, 0.2) is 24.4 Å². The van der Waals surface area contributed by atoms with E-state index in [1.165, 1.54) is 17.8 Å². The zero-order valence-electron chi connectivity index (χ0n) is 15.5. The first-order chi connectivity index (χ1) is 13.9. The van der Waals surface area contributed by atoms with Crippen molar-refractivity contribution in [2.45, 2.75) is 18.6 Å². The SMILES string of the molecule is CNc1cc(Nc2cc(F)cc(F)c2OC)nc2c(C(=O)NC3CC3F)cnn12. The molecular formula is C18H17F3N6O2. The summed E-state index contributed by atoms with van der Waals surface area (Å²) in [7, 11) is 2.90. The maximum atomic E-state index is 14.0. The molecule has 2 unspecified atom stereocenters. The molecule has 1 aliphatic rings. The highest BCUT2D eigenvalue weighted by Crippen LogP contribution is 2.32. The van der Waals surface area contributed by atoms with Crippen LogP contribution >= 0.6 is 0 Å². The van der Waals surface area contributed by atoms with Crippen molar-refractivity contribution in [2.24, 2.45) is 0 Å². The van der Waals surface area contributed by atoms with Gasteiger partial charge in [0.2, 0.25) is 0 Å². The third kappa shape index (κ3) is 3.50. The molecule has 1 aromatic carbocycles. The van der Waals surface area contributed by atoms with Gasteiger partial charge in [0.1, 0.15) is 29.2 Å². The molecule has 3 aromatic rings. The second-order valence-corrected chi connectivity index (χ2v) is 6.50. The third-order valence-corrected chi connectivity index (χ3v) is 4.48. The summed E-state index contributed by atoms with van der Waals surface area (Å²) in [6, 6.07) is 2.80. The average Bonchev–Trinajstić information content (AvgIpc) is 3.19. The molecule has 1 aliphatic carbocycles. The number of methoxy groups -OCH3 is 1. The fraction of sp³-hybridized carbons (Fsp3) is 0.278. The van der Waals surface area contributed by atoms with E-state index in [2.05, 4.69) is 26.0 Å². The molecular weight excluding hydrogens is 389 g/mol. The van der Waals surface area contributed by atoms with E-state index in [4.69, 9.17) is 4.74 Å². The van der Waals surface area contributed by atoms with Gasteiger partial charge in [-0.05, 0) is 0 Å². The number of anilines is 3. The number of carbonyl (C=O) groups excluding carboxylic acids is 1. The number of hydrogen-bond acceptors (Lipinski definition) is 6. The van der Waals surface area contributed by atoms with E-state index in [-0.39, 0.29) is 34.9 Å². The van der Waals surface area contributed by atoms with Crippen molar-refractivity contribution < 1.29 is 22.7 Å². The van der Waals surface area contributed by atoms with Crippen molar-refractivity contribution >= 4 is 28.9 Å². The molecule has 0 radical (unpaired) electrons. The number of rotatable bonds is 6. The van der Waals surface area contributed by atoms with E-state index in [0.717, 1.165) is 6.07 Å². The molecule has 2 heterocycles. The molecule has 0 spiro atoms. The Morgan fingerprint density at radius 2 is 2.07 bits per heavy atom. The number of nitrogens with zero attached hydrogens (tertiary/aromatic N) is 3. The highest BCUT2D eigenvalue weighted by Gasteiger charge is 2.39. The lowest BCUT2D eigenvalue weighted by Crippen LogP contribution is -2.27. The van der Waals surface area contributed by atoms with Crippen molar-refractivity contribution in [3.8, 4) is 5.75 Å². The van der Waals surface area contributed by atoms with E-state index in [0.29, 0.717) is 11.9 Å². The van der Waals surface area contributed by atoms with Crippen LogP contribution in [0.3, 0.4) is 0 Å². The minimum absolute atomic E-state index is 0.0210. The first-order valence-electron chi connectivity index (χ1n) is 8.72. The van der Waals surface area contributed by atoms with Gasteiger partial charge in [0.25, 0.3) is 5.91 Å². The predicted molar refractivity (Wildman–Crippen MR) is 99.5 cm³/mol. The molecule has 3 N–H and O–H groups in total. The van der Waals surface area contributed by atoms with Gasteiger partial charge in [-0.1, -0.05) is 0 Å². The van der Waals surface area contributed by atoms with Gasteiger partial charge in [0.15, 0.2) is 17.2 Å². The molecule has 0 saturated heterocycles. The number of halogens is 3. The van der Waals surface area contributed by atoms with E-state index in [1.807, 2.05) is 0 Å². The van der Waals surface area contributed by atoms with Crippen LogP contribution in [0.5, 0.6) is 5.75 Å². The van der Waals surface area contributed by atoms with Crippen LogP contribution in [0.2, 0.25) is 0 Å². The number of ether oxygens (including phenoxy) is 1. The van der Waals surface area contributed by atoms with Crippen molar-refractivity contribution in [1.82, 2.24) is 19.9 Å². The molecule has 152 valence electrons. The Balaban J connectivity index is 1.74. The van der Waals surface area contributed by atoms with Gasteiger partial charge in [-0.15, -0.1) is 0 Å². The highest BCUT2D eigenvalue weighted by atomic mass is 19.1. The van der Waals surface area contributed by atoms with Gasteiger partial charge in [0, 0.05) is 31.7 Å². The molecule has 1 saturated carbocycles. The van der Waals surface area contributed by atoms with E-state index in [9.17, 15) is 18.0 Å². The average molecular weight is 406 g/mol. The van der Waals surface area contributed by atoms with Crippen LogP contribution < -0.4 is 20.7 Å². The Labute approximate surface area is 163 Å². The molecule has 0 bridgehead atoms. The second kappa shape index (κ2) is 7.15. The summed E-state index contributed by atoms with van der Waals surface area (Å²) in [6.45, 7) is 0. The molecule has 1 amide bonds. The maximum absolute atomic E-state index is 14.0. The van der Waals surface area contributed by atoms with E-state index < -0.39 is 29.8 Å². The molecule has 8 nitrogen and oxygen atoms in total. The van der Waals surface area contributed by atoms with Crippen molar-refractivity contribution in [1.29, 1.82) is 0 Å². The summed E-state index contributed by atoms with van der Waals surface area (Å²) in [5.41, 5.74) is 0.345. The van der Waals surface area contributed by atoms with Gasteiger partial charge in [-0.25, -0.2) is 18.2 Å².